The minimum atomic E-state index is -0.581. The Kier molecular flexibility index (Phi) is 5.10. The molecule has 0 aliphatic carbocycles. The van der Waals surface area contributed by atoms with Crippen molar-refractivity contribution in [1.29, 1.82) is 0 Å². The van der Waals surface area contributed by atoms with E-state index in [-0.39, 0.29) is 0 Å². The summed E-state index contributed by atoms with van der Waals surface area (Å²) in [6.07, 6.45) is -0.581. The highest BCUT2D eigenvalue weighted by Crippen LogP contribution is 2.30. The van der Waals surface area contributed by atoms with E-state index in [2.05, 4.69) is 94.1 Å². The molecule has 0 aliphatic rings. The molecule has 0 saturated heterocycles. The Hall–Kier alpha value is -3.60. The van der Waals surface area contributed by atoms with Crippen LogP contribution < -0.4 is 0 Å². The molecule has 4 heteroatoms. The second-order valence-corrected chi connectivity index (χ2v) is 8.56. The quantitative estimate of drug-likeness (QED) is 0.314. The van der Waals surface area contributed by atoms with Gasteiger partial charge in [-0.2, -0.15) is 0 Å². The smallest absolute Gasteiger partial charge is 0.0952 e. The fourth-order valence-electron chi connectivity index (χ4n) is 5.08. The molecule has 33 heavy (non-hydrogen) atoms. The number of benzene rings is 4. The normalized spacial score (nSPS) is 12.9. The van der Waals surface area contributed by atoms with E-state index in [9.17, 15) is 5.11 Å². The fourth-order valence-corrected chi connectivity index (χ4v) is 5.08. The number of hydrogen-bond acceptors (Lipinski definition) is 2. The van der Waals surface area contributed by atoms with Gasteiger partial charge in [0.1, 0.15) is 0 Å². The van der Waals surface area contributed by atoms with Gasteiger partial charge in [-0.3, -0.25) is 0 Å². The van der Waals surface area contributed by atoms with Gasteiger partial charge >= 0.3 is 0 Å². The van der Waals surface area contributed by atoms with Crippen molar-refractivity contribution in [2.24, 2.45) is 0 Å². The van der Waals surface area contributed by atoms with Crippen LogP contribution in [0.4, 0.5) is 0 Å². The predicted octanol–water partition coefficient (Wildman–Crippen LogP) is 5.98. The van der Waals surface area contributed by atoms with Crippen molar-refractivity contribution >= 4 is 43.6 Å². The van der Waals surface area contributed by atoms with Gasteiger partial charge in [-0.05, 0) is 24.3 Å². The van der Waals surface area contributed by atoms with Crippen LogP contribution in [0.25, 0.3) is 43.6 Å². The summed E-state index contributed by atoms with van der Waals surface area (Å²) >= 11 is 0. The largest absolute Gasteiger partial charge is 0.389 e. The summed E-state index contributed by atoms with van der Waals surface area (Å²) in [6, 6.07) is 33.7. The maximum absolute atomic E-state index is 10.8. The van der Waals surface area contributed by atoms with Gasteiger partial charge in [0.05, 0.1) is 25.9 Å². The summed E-state index contributed by atoms with van der Waals surface area (Å²) in [5, 5.41) is 15.7. The summed E-state index contributed by atoms with van der Waals surface area (Å²) in [4.78, 5) is 0. The van der Waals surface area contributed by atoms with Crippen molar-refractivity contribution < 1.29 is 9.84 Å². The van der Waals surface area contributed by atoms with Gasteiger partial charge in [0.2, 0.25) is 0 Å². The standard InChI is InChI=1S/C29H26N2O2/c32-21(19-31-28-15-7-3-11-24(28)25-12-4-8-16-29(25)31)20-33-18-17-30-26-13-5-1-9-22(26)23-10-2-6-14-27(23)30/h1-16,21,32H,17-20H2. The zero-order valence-corrected chi connectivity index (χ0v) is 18.4. The molecule has 6 rings (SSSR count). The van der Waals surface area contributed by atoms with Crippen LogP contribution in [0, 0.1) is 0 Å². The third-order valence-corrected chi connectivity index (χ3v) is 6.52. The molecule has 164 valence electrons. The van der Waals surface area contributed by atoms with Gasteiger partial charge in [0, 0.05) is 50.2 Å². The number of rotatable bonds is 7. The molecule has 0 aliphatic heterocycles. The molecule has 0 amide bonds. The first-order valence-electron chi connectivity index (χ1n) is 11.5. The number of para-hydroxylation sites is 4. The molecule has 4 aromatic carbocycles. The maximum Gasteiger partial charge on any atom is 0.0952 e. The van der Waals surface area contributed by atoms with Crippen LogP contribution in [0.3, 0.4) is 0 Å². The molecule has 0 saturated carbocycles. The minimum absolute atomic E-state index is 0.304. The predicted molar refractivity (Wildman–Crippen MR) is 136 cm³/mol. The summed E-state index contributed by atoms with van der Waals surface area (Å²) in [7, 11) is 0. The van der Waals surface area contributed by atoms with Gasteiger partial charge < -0.3 is 19.0 Å². The SMILES string of the molecule is OC(COCCn1c2ccccc2c2ccccc21)Cn1c2ccccc2c2ccccc21. The van der Waals surface area contributed by atoms with Gasteiger partial charge in [-0.25, -0.2) is 0 Å². The first-order valence-corrected chi connectivity index (χ1v) is 11.5. The highest BCUT2D eigenvalue weighted by atomic mass is 16.5. The van der Waals surface area contributed by atoms with Crippen LogP contribution in [-0.2, 0) is 17.8 Å². The second-order valence-electron chi connectivity index (χ2n) is 8.56. The molecular weight excluding hydrogens is 408 g/mol. The number of aliphatic hydroxyl groups excluding tert-OH is 1. The zero-order chi connectivity index (χ0) is 22.2. The van der Waals surface area contributed by atoms with E-state index in [0.29, 0.717) is 19.8 Å². The Labute approximate surface area is 192 Å². The Morgan fingerprint density at radius 2 is 0.970 bits per heavy atom. The van der Waals surface area contributed by atoms with Crippen LogP contribution >= 0.6 is 0 Å². The molecule has 1 unspecified atom stereocenters. The lowest BCUT2D eigenvalue weighted by Gasteiger charge is -2.15. The first-order chi connectivity index (χ1) is 16.3. The number of nitrogens with zero attached hydrogens (tertiary/aromatic N) is 2. The average molecular weight is 435 g/mol. The van der Waals surface area contributed by atoms with E-state index < -0.39 is 6.10 Å². The fraction of sp³-hybridized carbons (Fsp3) is 0.172. The lowest BCUT2D eigenvalue weighted by atomic mass is 10.2. The lowest BCUT2D eigenvalue weighted by Crippen LogP contribution is -2.23. The highest BCUT2D eigenvalue weighted by Gasteiger charge is 2.14. The molecule has 0 radical (unpaired) electrons. The van der Waals surface area contributed by atoms with E-state index in [1.807, 2.05) is 12.1 Å². The van der Waals surface area contributed by atoms with Crippen molar-refractivity contribution in [2.75, 3.05) is 13.2 Å². The van der Waals surface area contributed by atoms with E-state index in [0.717, 1.165) is 17.6 Å². The molecule has 6 aromatic rings. The Bertz CT molecular complexity index is 1470. The molecular formula is C29H26N2O2. The van der Waals surface area contributed by atoms with E-state index in [1.165, 1.54) is 32.6 Å². The number of fused-ring (bicyclic) bond motifs is 6. The van der Waals surface area contributed by atoms with Crippen molar-refractivity contribution in [1.82, 2.24) is 9.13 Å². The summed E-state index contributed by atoms with van der Waals surface area (Å²) < 4.78 is 10.5. The van der Waals surface area contributed by atoms with Gasteiger partial charge in [-0.1, -0.05) is 72.8 Å². The number of ether oxygens (including phenoxy) is 1. The summed E-state index contributed by atoms with van der Waals surface area (Å²) in [5.74, 6) is 0. The van der Waals surface area contributed by atoms with Crippen LogP contribution in [0.1, 0.15) is 0 Å². The number of aliphatic hydroxyl groups is 1. The van der Waals surface area contributed by atoms with E-state index in [4.69, 9.17) is 4.74 Å². The molecule has 0 fully saturated rings. The molecule has 1 N–H and O–H groups in total. The second kappa shape index (κ2) is 8.39. The monoisotopic (exact) mass is 434 g/mol. The maximum atomic E-state index is 10.8. The van der Waals surface area contributed by atoms with Crippen LogP contribution in [0.2, 0.25) is 0 Å². The minimum Gasteiger partial charge on any atom is -0.389 e. The highest BCUT2D eigenvalue weighted by molar-refractivity contribution is 6.08. The average Bonchev–Trinajstić information content (AvgIpc) is 3.35. The van der Waals surface area contributed by atoms with E-state index >= 15 is 0 Å². The van der Waals surface area contributed by atoms with Gasteiger partial charge in [-0.15, -0.1) is 0 Å². The molecule has 0 bridgehead atoms. The van der Waals surface area contributed by atoms with Crippen molar-refractivity contribution in [3.05, 3.63) is 97.1 Å². The molecule has 1 atom stereocenters. The molecule has 2 aromatic heterocycles. The van der Waals surface area contributed by atoms with Crippen LogP contribution in [-0.4, -0.2) is 33.6 Å². The zero-order valence-electron chi connectivity index (χ0n) is 18.4. The summed E-state index contributed by atoms with van der Waals surface area (Å²) in [5.41, 5.74) is 4.72. The Balaban J connectivity index is 1.17. The Morgan fingerprint density at radius 1 is 0.576 bits per heavy atom. The van der Waals surface area contributed by atoms with Gasteiger partial charge in [0.25, 0.3) is 0 Å². The first kappa shape index (κ1) is 20.0. The molecule has 0 spiro atoms. The van der Waals surface area contributed by atoms with Crippen LogP contribution in [0.5, 0.6) is 0 Å². The number of hydrogen-bond donors (Lipinski definition) is 1. The van der Waals surface area contributed by atoms with E-state index in [1.54, 1.807) is 0 Å². The topological polar surface area (TPSA) is 39.3 Å². The van der Waals surface area contributed by atoms with Crippen molar-refractivity contribution in [3.8, 4) is 0 Å². The number of aromatic nitrogens is 2. The molecule has 2 heterocycles. The third-order valence-electron chi connectivity index (χ3n) is 6.52. The Morgan fingerprint density at radius 3 is 1.42 bits per heavy atom. The van der Waals surface area contributed by atoms with Crippen molar-refractivity contribution in [2.45, 2.75) is 19.2 Å². The van der Waals surface area contributed by atoms with Crippen LogP contribution in [0.15, 0.2) is 97.1 Å². The third kappa shape index (κ3) is 3.48. The van der Waals surface area contributed by atoms with Gasteiger partial charge in [0.15, 0.2) is 0 Å². The summed E-state index contributed by atoms with van der Waals surface area (Å²) in [6.45, 7) is 2.10. The molecule has 4 nitrogen and oxygen atoms in total. The van der Waals surface area contributed by atoms with Crippen molar-refractivity contribution in [3.63, 3.8) is 0 Å². The lowest BCUT2D eigenvalue weighted by molar-refractivity contribution is 0.0268.